The van der Waals surface area contributed by atoms with E-state index >= 15 is 0 Å². The number of allylic oxidation sites excluding steroid dienone is 1. The van der Waals surface area contributed by atoms with E-state index in [4.69, 9.17) is 11.6 Å². The van der Waals surface area contributed by atoms with Crippen LogP contribution in [0.15, 0.2) is 35.5 Å². The summed E-state index contributed by atoms with van der Waals surface area (Å²) in [7, 11) is 0. The van der Waals surface area contributed by atoms with E-state index in [9.17, 15) is 5.11 Å². The summed E-state index contributed by atoms with van der Waals surface area (Å²) in [4.78, 5) is 4.19. The molecule has 1 aromatic carbocycles. The largest absolute Gasteiger partial charge is 0.382 e. The zero-order chi connectivity index (χ0) is 12.3. The normalized spacial score (nSPS) is 16.1. The van der Waals surface area contributed by atoms with Gasteiger partial charge in [0.25, 0.3) is 0 Å². The van der Waals surface area contributed by atoms with Gasteiger partial charge < -0.3 is 5.11 Å². The molecule has 0 fully saturated rings. The standard InChI is InChI=1S/C14H16ClNO/c1-2-5-10-11(6-3-7-12(10)15)14(17)13-8-4-9-16-13/h3-4,6-7,9,14,17H,2,5,8H2,1H3. The van der Waals surface area contributed by atoms with Crippen LogP contribution in [0.5, 0.6) is 0 Å². The molecule has 0 amide bonds. The fourth-order valence-corrected chi connectivity index (χ4v) is 2.36. The minimum absolute atomic E-state index is 0.634. The third-order valence-corrected chi connectivity index (χ3v) is 3.29. The molecule has 0 spiro atoms. The van der Waals surface area contributed by atoms with Crippen LogP contribution in [-0.4, -0.2) is 10.8 Å². The molecule has 1 aliphatic rings. The Morgan fingerprint density at radius 1 is 1.47 bits per heavy atom. The van der Waals surface area contributed by atoms with Gasteiger partial charge in [-0.1, -0.05) is 43.2 Å². The maximum absolute atomic E-state index is 10.3. The van der Waals surface area contributed by atoms with Crippen LogP contribution in [0.3, 0.4) is 0 Å². The maximum Gasteiger partial charge on any atom is 0.118 e. The fourth-order valence-electron chi connectivity index (χ4n) is 2.08. The first-order valence-electron chi connectivity index (χ1n) is 5.91. The lowest BCUT2D eigenvalue weighted by atomic mass is 9.95. The second-order valence-corrected chi connectivity index (χ2v) is 4.58. The molecule has 0 saturated heterocycles. The van der Waals surface area contributed by atoms with E-state index in [0.717, 1.165) is 41.1 Å². The molecule has 0 aromatic heterocycles. The quantitative estimate of drug-likeness (QED) is 0.867. The topological polar surface area (TPSA) is 32.6 Å². The molecular formula is C14H16ClNO. The molecule has 0 bridgehead atoms. The van der Waals surface area contributed by atoms with Gasteiger partial charge in [-0.15, -0.1) is 0 Å². The van der Waals surface area contributed by atoms with Crippen LogP contribution in [0.4, 0.5) is 0 Å². The predicted octanol–water partition coefficient (Wildman–Crippen LogP) is 3.68. The highest BCUT2D eigenvalue weighted by molar-refractivity contribution is 6.31. The molecule has 17 heavy (non-hydrogen) atoms. The van der Waals surface area contributed by atoms with Crippen molar-refractivity contribution in [1.82, 2.24) is 0 Å². The van der Waals surface area contributed by atoms with E-state index in [1.165, 1.54) is 0 Å². The SMILES string of the molecule is CCCc1c(Cl)cccc1C(O)C1=NC=CC1. The summed E-state index contributed by atoms with van der Waals surface area (Å²) in [5, 5.41) is 11.1. The van der Waals surface area contributed by atoms with Crippen molar-refractivity contribution in [2.75, 3.05) is 0 Å². The van der Waals surface area contributed by atoms with Crippen LogP contribution >= 0.6 is 11.6 Å². The Kier molecular flexibility index (Phi) is 3.97. The summed E-state index contributed by atoms with van der Waals surface area (Å²) < 4.78 is 0. The highest BCUT2D eigenvalue weighted by Crippen LogP contribution is 2.28. The van der Waals surface area contributed by atoms with Gasteiger partial charge in [-0.3, -0.25) is 4.99 Å². The number of aliphatic hydroxyl groups is 1. The number of aliphatic imine (C=N–C) groups is 1. The van der Waals surface area contributed by atoms with E-state index < -0.39 is 6.10 Å². The Morgan fingerprint density at radius 2 is 2.29 bits per heavy atom. The molecule has 3 heteroatoms. The van der Waals surface area contributed by atoms with Crippen LogP contribution in [0, 0.1) is 0 Å². The Morgan fingerprint density at radius 3 is 2.94 bits per heavy atom. The first-order chi connectivity index (χ1) is 8.24. The zero-order valence-corrected chi connectivity index (χ0v) is 10.6. The number of hydrogen-bond acceptors (Lipinski definition) is 2. The number of benzene rings is 1. The van der Waals surface area contributed by atoms with Gasteiger partial charge in [0.15, 0.2) is 0 Å². The van der Waals surface area contributed by atoms with Crippen LogP contribution in [0.25, 0.3) is 0 Å². The molecule has 1 unspecified atom stereocenters. The molecule has 90 valence electrons. The van der Waals surface area contributed by atoms with Crippen molar-refractivity contribution >= 4 is 17.3 Å². The van der Waals surface area contributed by atoms with E-state index in [2.05, 4.69) is 11.9 Å². The Hall–Kier alpha value is -1.12. The lowest BCUT2D eigenvalue weighted by Gasteiger charge is -2.16. The number of halogens is 1. The number of rotatable bonds is 4. The second-order valence-electron chi connectivity index (χ2n) is 4.17. The van der Waals surface area contributed by atoms with Gasteiger partial charge in [-0.25, -0.2) is 0 Å². The summed E-state index contributed by atoms with van der Waals surface area (Å²) in [6.07, 6.45) is 5.66. The molecule has 0 aliphatic carbocycles. The van der Waals surface area contributed by atoms with Crippen molar-refractivity contribution in [3.63, 3.8) is 0 Å². The molecule has 1 heterocycles. The van der Waals surface area contributed by atoms with Gasteiger partial charge in [0, 0.05) is 17.6 Å². The van der Waals surface area contributed by atoms with E-state index in [-0.39, 0.29) is 0 Å². The fraction of sp³-hybridized carbons (Fsp3) is 0.357. The maximum atomic E-state index is 10.3. The molecule has 1 atom stereocenters. The molecule has 0 radical (unpaired) electrons. The van der Waals surface area contributed by atoms with Gasteiger partial charge in [-0.2, -0.15) is 0 Å². The van der Waals surface area contributed by atoms with Gasteiger partial charge in [0.2, 0.25) is 0 Å². The average Bonchev–Trinajstić information content (AvgIpc) is 2.85. The summed E-state index contributed by atoms with van der Waals surface area (Å²) >= 11 is 6.19. The van der Waals surface area contributed by atoms with Gasteiger partial charge >= 0.3 is 0 Å². The summed E-state index contributed by atoms with van der Waals surface area (Å²) in [5.74, 6) is 0. The molecule has 1 aromatic rings. The molecule has 1 N–H and O–H groups in total. The Labute approximate surface area is 107 Å². The number of hydrogen-bond donors (Lipinski definition) is 1. The lowest BCUT2D eigenvalue weighted by Crippen LogP contribution is -2.12. The monoisotopic (exact) mass is 249 g/mol. The van der Waals surface area contributed by atoms with Crippen LogP contribution in [-0.2, 0) is 6.42 Å². The van der Waals surface area contributed by atoms with Crippen LogP contribution < -0.4 is 0 Å². The van der Waals surface area contributed by atoms with Crippen molar-refractivity contribution in [3.05, 3.63) is 46.6 Å². The predicted molar refractivity (Wildman–Crippen MR) is 71.6 cm³/mol. The van der Waals surface area contributed by atoms with Crippen LogP contribution in [0.1, 0.15) is 37.0 Å². The minimum atomic E-state index is -0.634. The highest BCUT2D eigenvalue weighted by atomic mass is 35.5. The summed E-state index contributed by atoms with van der Waals surface area (Å²) in [6, 6.07) is 5.68. The number of nitrogens with zero attached hydrogens (tertiary/aromatic N) is 1. The highest BCUT2D eigenvalue weighted by Gasteiger charge is 2.19. The first kappa shape index (κ1) is 12.3. The zero-order valence-electron chi connectivity index (χ0n) is 9.86. The number of aliphatic hydroxyl groups excluding tert-OH is 1. The second kappa shape index (κ2) is 5.48. The lowest BCUT2D eigenvalue weighted by molar-refractivity contribution is 0.245. The van der Waals surface area contributed by atoms with E-state index in [1.54, 1.807) is 6.20 Å². The first-order valence-corrected chi connectivity index (χ1v) is 6.28. The van der Waals surface area contributed by atoms with Crippen molar-refractivity contribution < 1.29 is 5.11 Å². The summed E-state index contributed by atoms with van der Waals surface area (Å²) in [6.45, 7) is 2.11. The van der Waals surface area contributed by atoms with Gasteiger partial charge in [0.05, 0.1) is 5.71 Å². The summed E-state index contributed by atoms with van der Waals surface area (Å²) in [5.41, 5.74) is 2.73. The van der Waals surface area contributed by atoms with E-state index in [0.29, 0.717) is 0 Å². The van der Waals surface area contributed by atoms with Crippen molar-refractivity contribution in [3.8, 4) is 0 Å². The smallest absolute Gasteiger partial charge is 0.118 e. The molecular weight excluding hydrogens is 234 g/mol. The van der Waals surface area contributed by atoms with Crippen LogP contribution in [0.2, 0.25) is 5.02 Å². The van der Waals surface area contributed by atoms with Crippen molar-refractivity contribution in [1.29, 1.82) is 0 Å². The Bertz CT molecular complexity index is 465. The van der Waals surface area contributed by atoms with Gasteiger partial charge in [0.1, 0.15) is 6.10 Å². The molecule has 2 rings (SSSR count). The third-order valence-electron chi connectivity index (χ3n) is 2.94. The Balaban J connectivity index is 2.33. The average molecular weight is 250 g/mol. The van der Waals surface area contributed by atoms with Gasteiger partial charge in [-0.05, 0) is 23.6 Å². The third kappa shape index (κ3) is 2.59. The molecule has 1 aliphatic heterocycles. The van der Waals surface area contributed by atoms with Crippen molar-refractivity contribution in [2.24, 2.45) is 4.99 Å². The van der Waals surface area contributed by atoms with E-state index in [1.807, 2.05) is 24.3 Å². The molecule has 0 saturated carbocycles. The minimum Gasteiger partial charge on any atom is -0.382 e. The molecule has 2 nitrogen and oxygen atoms in total. The van der Waals surface area contributed by atoms with Crippen molar-refractivity contribution in [2.45, 2.75) is 32.3 Å².